The largest absolute Gasteiger partial charge is 0.450 e. The molecule has 0 radical (unpaired) electrons. The third kappa shape index (κ3) is 3.34. The maximum atomic E-state index is 12.0. The molecule has 0 aliphatic heterocycles. The minimum atomic E-state index is -4.76. The molecule has 0 spiro atoms. The Labute approximate surface area is 93.4 Å². The number of ketones is 1. The van der Waals surface area contributed by atoms with Crippen LogP contribution < -0.4 is 0 Å². The van der Waals surface area contributed by atoms with E-state index in [9.17, 15) is 18.0 Å². The lowest BCUT2D eigenvalue weighted by Crippen LogP contribution is -2.24. The number of benzene rings is 1. The fraction of sp³-hybridized carbons (Fsp3) is 0.300. The quantitative estimate of drug-likeness (QED) is 0.811. The van der Waals surface area contributed by atoms with Crippen molar-refractivity contribution in [3.05, 3.63) is 33.8 Å². The van der Waals surface area contributed by atoms with Crippen molar-refractivity contribution >= 4 is 21.7 Å². The summed E-state index contributed by atoms with van der Waals surface area (Å²) in [4.78, 5) is 10.7. The van der Waals surface area contributed by atoms with Crippen molar-refractivity contribution in [3.63, 3.8) is 0 Å². The normalized spacial score (nSPS) is 11.5. The van der Waals surface area contributed by atoms with Crippen molar-refractivity contribution in [3.8, 4) is 0 Å². The molecule has 15 heavy (non-hydrogen) atoms. The van der Waals surface area contributed by atoms with E-state index in [0.717, 1.165) is 5.56 Å². The fourth-order valence-corrected chi connectivity index (χ4v) is 1.70. The molecule has 82 valence electrons. The Kier molecular flexibility index (Phi) is 3.54. The van der Waals surface area contributed by atoms with E-state index in [0.29, 0.717) is 10.0 Å². The Hall–Kier alpha value is -0.840. The van der Waals surface area contributed by atoms with Gasteiger partial charge in [-0.15, -0.1) is 0 Å². The van der Waals surface area contributed by atoms with Gasteiger partial charge < -0.3 is 0 Å². The minimum Gasteiger partial charge on any atom is -0.289 e. The van der Waals surface area contributed by atoms with Crippen LogP contribution >= 0.6 is 15.9 Å². The first-order chi connectivity index (χ1) is 6.80. The van der Waals surface area contributed by atoms with Crippen molar-refractivity contribution in [2.45, 2.75) is 19.5 Å². The molecule has 0 atom stereocenters. The first-order valence-corrected chi connectivity index (χ1v) is 4.95. The number of rotatable bonds is 2. The van der Waals surface area contributed by atoms with Gasteiger partial charge in [-0.2, -0.15) is 13.2 Å². The molecule has 0 aromatic heterocycles. The molecule has 1 rings (SSSR count). The molecule has 5 heteroatoms. The van der Waals surface area contributed by atoms with Crippen LogP contribution in [0.4, 0.5) is 13.2 Å². The second kappa shape index (κ2) is 4.35. The van der Waals surface area contributed by atoms with Gasteiger partial charge in [-0.25, -0.2) is 0 Å². The summed E-state index contributed by atoms with van der Waals surface area (Å²) in [6, 6.07) is 4.87. The van der Waals surface area contributed by atoms with E-state index in [4.69, 9.17) is 0 Å². The van der Waals surface area contributed by atoms with Crippen LogP contribution in [0.3, 0.4) is 0 Å². The molecular weight excluding hydrogens is 273 g/mol. The molecule has 1 nitrogen and oxygen atoms in total. The van der Waals surface area contributed by atoms with Gasteiger partial charge in [-0.05, 0) is 24.1 Å². The van der Waals surface area contributed by atoms with Gasteiger partial charge in [0.1, 0.15) is 0 Å². The molecule has 0 saturated heterocycles. The topological polar surface area (TPSA) is 17.1 Å². The van der Waals surface area contributed by atoms with Crippen molar-refractivity contribution < 1.29 is 18.0 Å². The summed E-state index contributed by atoms with van der Waals surface area (Å²) in [5.74, 6) is -1.73. The second-order valence-electron chi connectivity index (χ2n) is 3.19. The van der Waals surface area contributed by atoms with E-state index in [1.807, 2.05) is 6.92 Å². The number of hydrogen-bond acceptors (Lipinski definition) is 1. The van der Waals surface area contributed by atoms with Crippen LogP contribution in [0.15, 0.2) is 22.7 Å². The highest BCUT2D eigenvalue weighted by Crippen LogP contribution is 2.23. The average molecular weight is 281 g/mol. The van der Waals surface area contributed by atoms with Gasteiger partial charge in [0.05, 0.1) is 0 Å². The van der Waals surface area contributed by atoms with E-state index >= 15 is 0 Å². The lowest BCUT2D eigenvalue weighted by atomic mass is 10.1. The Bertz CT molecular complexity index is 385. The zero-order chi connectivity index (χ0) is 11.6. The Morgan fingerprint density at radius 3 is 2.47 bits per heavy atom. The standard InChI is InChI=1S/C10H8BrF3O/c1-6-2-3-7(8(11)4-6)5-9(15)10(12,13)14/h2-4H,5H2,1H3. The molecule has 1 aromatic carbocycles. The number of carbonyl (C=O) groups excluding carboxylic acids is 1. The van der Waals surface area contributed by atoms with Gasteiger partial charge in [0.15, 0.2) is 0 Å². The smallest absolute Gasteiger partial charge is 0.289 e. The highest BCUT2D eigenvalue weighted by atomic mass is 79.9. The SMILES string of the molecule is Cc1ccc(CC(=O)C(F)(F)F)c(Br)c1. The number of Topliss-reactive ketones (excluding diaryl/α,β-unsaturated/α-hetero) is 1. The first kappa shape index (κ1) is 12.2. The van der Waals surface area contributed by atoms with Gasteiger partial charge in [0.25, 0.3) is 0 Å². The molecular formula is C10H8BrF3O. The molecule has 0 bridgehead atoms. The van der Waals surface area contributed by atoms with Crippen LogP contribution in [0.25, 0.3) is 0 Å². The summed E-state index contributed by atoms with van der Waals surface area (Å²) in [6.07, 6.45) is -5.38. The van der Waals surface area contributed by atoms with Gasteiger partial charge in [0.2, 0.25) is 5.78 Å². The molecule has 0 saturated carbocycles. The molecule has 0 heterocycles. The van der Waals surface area contributed by atoms with Gasteiger partial charge in [-0.1, -0.05) is 28.1 Å². The summed E-state index contributed by atoms with van der Waals surface area (Å²) >= 11 is 3.12. The lowest BCUT2D eigenvalue weighted by molar-refractivity contribution is -0.170. The van der Waals surface area contributed by atoms with E-state index < -0.39 is 18.4 Å². The Balaban J connectivity index is 2.87. The van der Waals surface area contributed by atoms with Crippen LogP contribution in [-0.2, 0) is 11.2 Å². The molecule has 0 aliphatic carbocycles. The lowest BCUT2D eigenvalue weighted by Gasteiger charge is -2.07. The molecule has 1 aromatic rings. The molecule has 0 amide bonds. The van der Waals surface area contributed by atoms with E-state index in [1.165, 1.54) is 6.07 Å². The first-order valence-electron chi connectivity index (χ1n) is 4.16. The summed E-state index contributed by atoms with van der Waals surface area (Å²) < 4.78 is 36.5. The highest BCUT2D eigenvalue weighted by molar-refractivity contribution is 9.10. The molecule has 0 unspecified atom stereocenters. The monoisotopic (exact) mass is 280 g/mol. The van der Waals surface area contributed by atoms with Crippen LogP contribution in [0.5, 0.6) is 0 Å². The predicted molar refractivity (Wildman–Crippen MR) is 53.6 cm³/mol. The third-order valence-corrected chi connectivity index (χ3v) is 2.61. The molecule has 0 aliphatic rings. The van der Waals surface area contributed by atoms with Gasteiger partial charge in [0, 0.05) is 10.9 Å². The number of hydrogen-bond donors (Lipinski definition) is 0. The van der Waals surface area contributed by atoms with E-state index in [-0.39, 0.29) is 0 Å². The maximum Gasteiger partial charge on any atom is 0.450 e. The number of alkyl halides is 3. The summed E-state index contributed by atoms with van der Waals surface area (Å²) in [5.41, 5.74) is 1.27. The van der Waals surface area contributed by atoms with Crippen molar-refractivity contribution in [1.29, 1.82) is 0 Å². The third-order valence-electron chi connectivity index (χ3n) is 1.88. The van der Waals surface area contributed by atoms with Gasteiger partial charge >= 0.3 is 6.18 Å². The second-order valence-corrected chi connectivity index (χ2v) is 4.05. The Morgan fingerprint density at radius 1 is 1.40 bits per heavy atom. The fourth-order valence-electron chi connectivity index (χ4n) is 1.07. The van der Waals surface area contributed by atoms with Crippen LogP contribution in [0, 0.1) is 6.92 Å². The Morgan fingerprint density at radius 2 is 2.00 bits per heavy atom. The zero-order valence-electron chi connectivity index (χ0n) is 7.86. The van der Waals surface area contributed by atoms with E-state index in [2.05, 4.69) is 15.9 Å². The summed E-state index contributed by atoms with van der Waals surface area (Å²) in [5, 5.41) is 0. The van der Waals surface area contributed by atoms with Crippen molar-refractivity contribution in [2.24, 2.45) is 0 Å². The van der Waals surface area contributed by atoms with E-state index in [1.54, 1.807) is 12.1 Å². The van der Waals surface area contributed by atoms with Crippen molar-refractivity contribution in [1.82, 2.24) is 0 Å². The predicted octanol–water partition coefficient (Wildman–Crippen LogP) is 3.43. The number of halogens is 4. The number of aryl methyl sites for hydroxylation is 1. The van der Waals surface area contributed by atoms with Gasteiger partial charge in [-0.3, -0.25) is 4.79 Å². The average Bonchev–Trinajstić information content (AvgIpc) is 2.08. The maximum absolute atomic E-state index is 12.0. The van der Waals surface area contributed by atoms with Crippen LogP contribution in [-0.4, -0.2) is 12.0 Å². The summed E-state index contributed by atoms with van der Waals surface area (Å²) in [6.45, 7) is 1.82. The molecule has 0 N–H and O–H groups in total. The highest BCUT2D eigenvalue weighted by Gasteiger charge is 2.37. The number of carbonyl (C=O) groups is 1. The minimum absolute atomic E-state index is 0.350. The van der Waals surface area contributed by atoms with Crippen LogP contribution in [0.1, 0.15) is 11.1 Å². The molecule has 0 fully saturated rings. The zero-order valence-corrected chi connectivity index (χ0v) is 9.45. The summed E-state index contributed by atoms with van der Waals surface area (Å²) in [7, 11) is 0. The van der Waals surface area contributed by atoms with Crippen LogP contribution in [0.2, 0.25) is 0 Å². The van der Waals surface area contributed by atoms with Crippen molar-refractivity contribution in [2.75, 3.05) is 0 Å².